The van der Waals surface area contributed by atoms with E-state index in [4.69, 9.17) is 10.9 Å². The third-order valence-electron chi connectivity index (χ3n) is 1.83. The van der Waals surface area contributed by atoms with E-state index >= 15 is 0 Å². The third kappa shape index (κ3) is 7.59. The summed E-state index contributed by atoms with van der Waals surface area (Å²) in [4.78, 5) is 0. The normalized spacial score (nSPS) is 14.9. The van der Waals surface area contributed by atoms with Gasteiger partial charge in [-0.25, -0.2) is 0 Å². The molecule has 0 saturated carbocycles. The molecule has 1 unspecified atom stereocenters. The number of nitrogens with one attached hydrogen (secondary N) is 1. The van der Waals surface area contributed by atoms with Crippen LogP contribution in [0.15, 0.2) is 5.16 Å². The summed E-state index contributed by atoms with van der Waals surface area (Å²) in [5.74, 6) is 0.982. The monoisotopic (exact) mass is 187 g/mol. The first-order chi connectivity index (χ1) is 6.06. The van der Waals surface area contributed by atoms with Crippen LogP contribution in [0.5, 0.6) is 0 Å². The van der Waals surface area contributed by atoms with Gasteiger partial charge in [-0.3, -0.25) is 0 Å². The van der Waals surface area contributed by atoms with Gasteiger partial charge in [-0.05, 0) is 19.3 Å². The fraction of sp³-hybridized carbons (Fsp3) is 0.889. The second-order valence-electron chi connectivity index (χ2n) is 3.83. The first kappa shape index (κ1) is 12.2. The van der Waals surface area contributed by atoms with Gasteiger partial charge in [-0.2, -0.15) is 0 Å². The first-order valence-corrected chi connectivity index (χ1v) is 4.76. The van der Waals surface area contributed by atoms with Crippen LogP contribution in [-0.4, -0.2) is 23.6 Å². The van der Waals surface area contributed by atoms with Crippen molar-refractivity contribution in [3.05, 3.63) is 0 Å². The summed E-state index contributed by atoms with van der Waals surface area (Å²) in [6.07, 6.45) is 1.75. The van der Waals surface area contributed by atoms with Crippen LogP contribution in [0.4, 0.5) is 0 Å². The molecule has 0 spiro atoms. The van der Waals surface area contributed by atoms with Gasteiger partial charge in [-0.15, -0.1) is 0 Å². The fourth-order valence-electron chi connectivity index (χ4n) is 1.29. The van der Waals surface area contributed by atoms with Gasteiger partial charge in [0.05, 0.1) is 0 Å². The molecule has 0 radical (unpaired) electrons. The quantitative estimate of drug-likeness (QED) is 0.253. The number of amidine groups is 1. The van der Waals surface area contributed by atoms with Crippen LogP contribution < -0.4 is 11.1 Å². The minimum absolute atomic E-state index is 0.282. The van der Waals surface area contributed by atoms with E-state index in [9.17, 15) is 0 Å². The average molecular weight is 187 g/mol. The van der Waals surface area contributed by atoms with Crippen molar-refractivity contribution in [1.29, 1.82) is 0 Å². The van der Waals surface area contributed by atoms with Crippen LogP contribution in [0.25, 0.3) is 0 Å². The molecule has 0 aliphatic rings. The summed E-state index contributed by atoms with van der Waals surface area (Å²) in [5, 5.41) is 14.5. The van der Waals surface area contributed by atoms with Gasteiger partial charge in [0, 0.05) is 19.0 Å². The number of nitrogens with zero attached hydrogens (tertiary/aromatic N) is 1. The van der Waals surface area contributed by atoms with E-state index < -0.39 is 0 Å². The highest BCUT2D eigenvalue weighted by molar-refractivity contribution is 5.79. The van der Waals surface area contributed by atoms with Gasteiger partial charge < -0.3 is 16.3 Å². The molecule has 78 valence electrons. The van der Waals surface area contributed by atoms with E-state index in [0.717, 1.165) is 13.0 Å². The third-order valence-corrected chi connectivity index (χ3v) is 1.83. The Morgan fingerprint density at radius 3 is 2.54 bits per heavy atom. The molecule has 0 aliphatic carbocycles. The Kier molecular flexibility index (Phi) is 6.32. The predicted molar refractivity (Wildman–Crippen MR) is 54.9 cm³/mol. The van der Waals surface area contributed by atoms with Gasteiger partial charge in [0.1, 0.15) is 5.84 Å². The molecule has 0 aliphatic heterocycles. The highest BCUT2D eigenvalue weighted by Crippen LogP contribution is 2.03. The zero-order chi connectivity index (χ0) is 10.3. The van der Waals surface area contributed by atoms with E-state index in [1.165, 1.54) is 0 Å². The van der Waals surface area contributed by atoms with Crippen molar-refractivity contribution < 1.29 is 5.21 Å². The van der Waals surface area contributed by atoms with Gasteiger partial charge in [0.15, 0.2) is 0 Å². The van der Waals surface area contributed by atoms with Crippen molar-refractivity contribution in [1.82, 2.24) is 5.32 Å². The molecule has 0 heterocycles. The molecular formula is C9H21N3O. The van der Waals surface area contributed by atoms with E-state index in [1.54, 1.807) is 0 Å². The SMILES string of the molecule is CC(C)CC(C)NCCC(N)=NO. The van der Waals surface area contributed by atoms with Crippen LogP contribution in [0.1, 0.15) is 33.6 Å². The molecule has 0 bridgehead atoms. The lowest BCUT2D eigenvalue weighted by Gasteiger charge is -2.15. The molecule has 0 rings (SSSR count). The number of nitrogens with two attached hydrogens (primary N) is 1. The molecule has 0 aromatic carbocycles. The van der Waals surface area contributed by atoms with E-state index in [0.29, 0.717) is 18.4 Å². The summed E-state index contributed by atoms with van der Waals surface area (Å²) in [7, 11) is 0. The van der Waals surface area contributed by atoms with Gasteiger partial charge in [-0.1, -0.05) is 19.0 Å². The molecule has 4 N–H and O–H groups in total. The lowest BCUT2D eigenvalue weighted by Crippen LogP contribution is -2.30. The number of hydrogen-bond donors (Lipinski definition) is 3. The Labute approximate surface area is 80.2 Å². The topological polar surface area (TPSA) is 70.6 Å². The predicted octanol–water partition coefficient (Wildman–Crippen LogP) is 1.15. The maximum atomic E-state index is 8.28. The highest BCUT2D eigenvalue weighted by Gasteiger charge is 2.03. The summed E-state index contributed by atoms with van der Waals surface area (Å²) in [6, 6.07) is 0.492. The van der Waals surface area contributed by atoms with Crippen LogP contribution in [0.2, 0.25) is 0 Å². The Balaban J connectivity index is 3.42. The van der Waals surface area contributed by atoms with Crippen molar-refractivity contribution in [2.75, 3.05) is 6.54 Å². The van der Waals surface area contributed by atoms with Crippen molar-refractivity contribution in [2.24, 2.45) is 16.8 Å². The van der Waals surface area contributed by atoms with E-state index in [-0.39, 0.29) is 5.84 Å². The number of rotatable bonds is 6. The fourth-order valence-corrected chi connectivity index (χ4v) is 1.29. The summed E-state index contributed by atoms with van der Waals surface area (Å²) < 4.78 is 0. The maximum absolute atomic E-state index is 8.28. The number of hydrogen-bond acceptors (Lipinski definition) is 3. The standard InChI is InChI=1S/C9H21N3O/c1-7(2)6-8(3)11-5-4-9(10)12-13/h7-8,11,13H,4-6H2,1-3H3,(H2,10,12). The second kappa shape index (κ2) is 6.71. The molecule has 0 saturated heterocycles. The zero-order valence-corrected chi connectivity index (χ0v) is 8.75. The minimum atomic E-state index is 0.282. The number of oxime groups is 1. The van der Waals surface area contributed by atoms with Crippen molar-refractivity contribution in [3.63, 3.8) is 0 Å². The van der Waals surface area contributed by atoms with Gasteiger partial charge in [0.2, 0.25) is 0 Å². The molecular weight excluding hydrogens is 166 g/mol. The lowest BCUT2D eigenvalue weighted by atomic mass is 10.1. The highest BCUT2D eigenvalue weighted by atomic mass is 16.4. The van der Waals surface area contributed by atoms with Crippen molar-refractivity contribution in [3.8, 4) is 0 Å². The largest absolute Gasteiger partial charge is 0.409 e. The smallest absolute Gasteiger partial charge is 0.140 e. The molecule has 0 fully saturated rings. The molecule has 4 nitrogen and oxygen atoms in total. The Hall–Kier alpha value is -0.770. The van der Waals surface area contributed by atoms with Crippen LogP contribution in [-0.2, 0) is 0 Å². The van der Waals surface area contributed by atoms with Crippen molar-refractivity contribution in [2.45, 2.75) is 39.7 Å². The Morgan fingerprint density at radius 2 is 2.08 bits per heavy atom. The average Bonchev–Trinajstić information content (AvgIpc) is 2.02. The summed E-state index contributed by atoms with van der Waals surface area (Å²) in [5.41, 5.74) is 5.32. The molecule has 4 heteroatoms. The van der Waals surface area contributed by atoms with Crippen LogP contribution in [0.3, 0.4) is 0 Å². The second-order valence-corrected chi connectivity index (χ2v) is 3.83. The molecule has 0 aromatic rings. The minimum Gasteiger partial charge on any atom is -0.409 e. The van der Waals surface area contributed by atoms with Crippen LogP contribution >= 0.6 is 0 Å². The molecule has 0 amide bonds. The van der Waals surface area contributed by atoms with Crippen molar-refractivity contribution >= 4 is 5.84 Å². The van der Waals surface area contributed by atoms with Crippen LogP contribution in [0, 0.1) is 5.92 Å². The van der Waals surface area contributed by atoms with E-state index in [1.807, 2.05) is 0 Å². The zero-order valence-electron chi connectivity index (χ0n) is 8.75. The van der Waals surface area contributed by atoms with E-state index in [2.05, 4.69) is 31.2 Å². The molecule has 1 atom stereocenters. The van der Waals surface area contributed by atoms with Gasteiger partial charge >= 0.3 is 0 Å². The molecule has 0 aromatic heterocycles. The summed E-state index contributed by atoms with van der Waals surface area (Å²) in [6.45, 7) is 7.31. The first-order valence-electron chi connectivity index (χ1n) is 4.76. The van der Waals surface area contributed by atoms with Gasteiger partial charge in [0.25, 0.3) is 0 Å². The Bertz CT molecular complexity index is 157. The summed E-state index contributed by atoms with van der Waals surface area (Å²) >= 11 is 0. The lowest BCUT2D eigenvalue weighted by molar-refractivity contribution is 0.316. The molecule has 13 heavy (non-hydrogen) atoms. The maximum Gasteiger partial charge on any atom is 0.140 e. The Morgan fingerprint density at radius 1 is 1.46 bits per heavy atom.